The van der Waals surface area contributed by atoms with Gasteiger partial charge in [0.05, 0.1) is 0 Å². The minimum atomic E-state index is 1.14. The molecule has 0 fully saturated rings. The maximum atomic E-state index is 2.44. The molecule has 1 heterocycles. The van der Waals surface area contributed by atoms with E-state index in [1.165, 1.54) is 24.8 Å². The Labute approximate surface area is 102 Å². The molecule has 0 spiro atoms. The van der Waals surface area contributed by atoms with Gasteiger partial charge in [-0.15, -0.1) is 11.3 Å². The van der Waals surface area contributed by atoms with E-state index in [0.717, 1.165) is 12.8 Å². The van der Waals surface area contributed by atoms with E-state index in [4.69, 9.17) is 0 Å². The van der Waals surface area contributed by atoms with Crippen LogP contribution in [0.4, 0.5) is 0 Å². The number of benzene rings is 1. The van der Waals surface area contributed by atoms with E-state index < -0.39 is 0 Å². The van der Waals surface area contributed by atoms with Crippen molar-refractivity contribution >= 4 is 44.0 Å². The van der Waals surface area contributed by atoms with Crippen LogP contribution in [-0.2, 0) is 12.8 Å². The number of thiophene rings is 1. The molecular weight excluding hydrogens is 303 g/mol. The van der Waals surface area contributed by atoms with Gasteiger partial charge in [-0.25, -0.2) is 0 Å². The zero-order chi connectivity index (χ0) is 10.1. The third-order valence-corrected chi connectivity index (χ3v) is 4.61. The number of rotatable bonds is 2. The number of hydrogen-bond acceptors (Lipinski definition) is 1. The Morgan fingerprint density at radius 2 is 2.00 bits per heavy atom. The molecule has 0 unspecified atom stereocenters. The molecule has 1 aromatic heterocycles. The van der Waals surface area contributed by atoms with Gasteiger partial charge in [0.2, 0.25) is 0 Å². The molecule has 14 heavy (non-hydrogen) atoms. The van der Waals surface area contributed by atoms with E-state index in [1.54, 1.807) is 0 Å². The molecule has 1 aromatic carbocycles. The van der Waals surface area contributed by atoms with Crippen molar-refractivity contribution in [3.8, 4) is 0 Å². The molecule has 0 atom stereocenters. The fraction of sp³-hybridized carbons (Fsp3) is 0.333. The quantitative estimate of drug-likeness (QED) is 0.709. The van der Waals surface area contributed by atoms with Crippen molar-refractivity contribution in [3.63, 3.8) is 0 Å². The van der Waals surface area contributed by atoms with Crippen LogP contribution >= 0.6 is 33.9 Å². The average Bonchev–Trinajstić information content (AvgIpc) is 2.61. The van der Waals surface area contributed by atoms with Crippen LogP contribution in [0.1, 0.15) is 25.0 Å². The van der Waals surface area contributed by atoms with Crippen molar-refractivity contribution in [3.05, 3.63) is 32.2 Å². The van der Waals surface area contributed by atoms with E-state index in [1.807, 2.05) is 11.3 Å². The molecule has 0 nitrogen and oxygen atoms in total. The first-order valence-electron chi connectivity index (χ1n) is 4.95. The van der Waals surface area contributed by atoms with Gasteiger partial charge >= 0.3 is 0 Å². The zero-order valence-electron chi connectivity index (χ0n) is 8.43. The van der Waals surface area contributed by atoms with E-state index in [0.29, 0.717) is 0 Å². The van der Waals surface area contributed by atoms with Gasteiger partial charge in [0.25, 0.3) is 0 Å². The fourth-order valence-electron chi connectivity index (χ4n) is 1.85. The largest absolute Gasteiger partial charge is 0.144 e. The highest BCUT2D eigenvalue weighted by atomic mass is 127. The lowest BCUT2D eigenvalue weighted by Gasteiger charge is -2.05. The van der Waals surface area contributed by atoms with E-state index >= 15 is 0 Å². The Balaban J connectivity index is 2.81. The molecule has 0 amide bonds. The molecule has 0 aliphatic rings. The van der Waals surface area contributed by atoms with Crippen LogP contribution in [-0.4, -0.2) is 0 Å². The van der Waals surface area contributed by atoms with Gasteiger partial charge in [-0.1, -0.05) is 13.8 Å². The van der Waals surface area contributed by atoms with Crippen molar-refractivity contribution in [2.75, 3.05) is 0 Å². The lowest BCUT2D eigenvalue weighted by Crippen LogP contribution is -1.89. The van der Waals surface area contributed by atoms with Crippen LogP contribution in [0.2, 0.25) is 0 Å². The summed E-state index contributed by atoms with van der Waals surface area (Å²) in [4.78, 5) is 0. The van der Waals surface area contributed by atoms with Gasteiger partial charge in [-0.2, -0.15) is 0 Å². The molecule has 2 aromatic rings. The first kappa shape index (κ1) is 10.4. The second-order valence-electron chi connectivity index (χ2n) is 3.37. The Bertz CT molecular complexity index is 457. The van der Waals surface area contributed by atoms with Crippen LogP contribution in [0, 0.1) is 3.57 Å². The molecule has 2 rings (SSSR count). The van der Waals surface area contributed by atoms with Gasteiger partial charge in [-0.3, -0.25) is 0 Å². The average molecular weight is 316 g/mol. The lowest BCUT2D eigenvalue weighted by molar-refractivity contribution is 1.12. The van der Waals surface area contributed by atoms with Crippen LogP contribution < -0.4 is 0 Å². The maximum absolute atomic E-state index is 2.44. The fourth-order valence-corrected chi connectivity index (χ4v) is 3.75. The summed E-state index contributed by atoms with van der Waals surface area (Å²) < 4.78 is 2.85. The van der Waals surface area contributed by atoms with Crippen LogP contribution in [0.5, 0.6) is 0 Å². The summed E-state index contributed by atoms with van der Waals surface area (Å²) in [6.07, 6.45) is 2.28. The summed E-state index contributed by atoms with van der Waals surface area (Å²) in [7, 11) is 0. The summed E-state index contributed by atoms with van der Waals surface area (Å²) in [6, 6.07) is 4.48. The molecular formula is C12H13IS. The molecule has 74 valence electrons. The number of fused-ring (bicyclic) bond motifs is 1. The normalized spacial score (nSPS) is 11.1. The Hall–Kier alpha value is -0.0900. The van der Waals surface area contributed by atoms with Gasteiger partial charge in [0.15, 0.2) is 0 Å². The second kappa shape index (κ2) is 4.19. The lowest BCUT2D eigenvalue weighted by atomic mass is 10.0. The highest BCUT2D eigenvalue weighted by Crippen LogP contribution is 2.32. The van der Waals surface area contributed by atoms with Gasteiger partial charge in [0, 0.05) is 8.27 Å². The Kier molecular flexibility index (Phi) is 3.12. The van der Waals surface area contributed by atoms with E-state index in [2.05, 4.69) is 54.0 Å². The van der Waals surface area contributed by atoms with Crippen molar-refractivity contribution in [2.45, 2.75) is 26.7 Å². The third kappa shape index (κ3) is 1.58. The SMILES string of the molecule is CCc1csc2ccc(I)c(CC)c12. The Morgan fingerprint density at radius 1 is 1.21 bits per heavy atom. The highest BCUT2D eigenvalue weighted by molar-refractivity contribution is 14.1. The summed E-state index contributed by atoms with van der Waals surface area (Å²) in [5.74, 6) is 0. The summed E-state index contributed by atoms with van der Waals surface area (Å²) in [5.41, 5.74) is 3.04. The van der Waals surface area contributed by atoms with E-state index in [-0.39, 0.29) is 0 Å². The molecule has 0 radical (unpaired) electrons. The third-order valence-electron chi connectivity index (χ3n) is 2.60. The minimum absolute atomic E-state index is 1.14. The highest BCUT2D eigenvalue weighted by Gasteiger charge is 2.09. The first-order chi connectivity index (χ1) is 6.77. The minimum Gasteiger partial charge on any atom is -0.144 e. The molecule has 0 aliphatic heterocycles. The monoisotopic (exact) mass is 316 g/mol. The van der Waals surface area contributed by atoms with Crippen molar-refractivity contribution in [1.82, 2.24) is 0 Å². The molecule has 0 saturated heterocycles. The van der Waals surface area contributed by atoms with Gasteiger partial charge in [-0.05, 0) is 69.5 Å². The van der Waals surface area contributed by atoms with Crippen molar-refractivity contribution in [2.24, 2.45) is 0 Å². The molecule has 0 saturated carbocycles. The number of halogens is 1. The topological polar surface area (TPSA) is 0 Å². The first-order valence-corrected chi connectivity index (χ1v) is 6.91. The molecule has 0 bridgehead atoms. The van der Waals surface area contributed by atoms with E-state index in [9.17, 15) is 0 Å². The summed E-state index contributed by atoms with van der Waals surface area (Å²) in [5, 5.41) is 3.83. The predicted octanol–water partition coefficient (Wildman–Crippen LogP) is 4.63. The maximum Gasteiger partial charge on any atom is 0.0349 e. The predicted molar refractivity (Wildman–Crippen MR) is 73.3 cm³/mol. The standard InChI is InChI=1S/C12H13IS/c1-3-8-7-14-11-6-5-10(13)9(4-2)12(8)11/h5-7H,3-4H2,1-2H3. The zero-order valence-corrected chi connectivity index (χ0v) is 11.4. The van der Waals surface area contributed by atoms with Gasteiger partial charge in [0.1, 0.15) is 0 Å². The van der Waals surface area contributed by atoms with Crippen molar-refractivity contribution < 1.29 is 0 Å². The Morgan fingerprint density at radius 3 is 2.64 bits per heavy atom. The van der Waals surface area contributed by atoms with Crippen LogP contribution in [0.3, 0.4) is 0 Å². The van der Waals surface area contributed by atoms with Gasteiger partial charge < -0.3 is 0 Å². The number of aryl methyl sites for hydroxylation is 2. The van der Waals surface area contributed by atoms with Crippen LogP contribution in [0.15, 0.2) is 17.5 Å². The van der Waals surface area contributed by atoms with Crippen LogP contribution in [0.25, 0.3) is 10.1 Å². The smallest absolute Gasteiger partial charge is 0.0349 e. The summed E-state index contributed by atoms with van der Waals surface area (Å²) in [6.45, 7) is 4.48. The summed E-state index contributed by atoms with van der Waals surface area (Å²) >= 11 is 4.32. The second-order valence-corrected chi connectivity index (χ2v) is 5.44. The number of hydrogen-bond donors (Lipinski definition) is 0. The molecule has 2 heteroatoms. The molecule has 0 N–H and O–H groups in total. The van der Waals surface area contributed by atoms with Crippen molar-refractivity contribution in [1.29, 1.82) is 0 Å². The molecule has 0 aliphatic carbocycles.